The Balaban J connectivity index is 1.27. The highest BCUT2D eigenvalue weighted by Gasteiger charge is 2.33. The molecule has 1 fully saturated rings. The average molecular weight is 647 g/mol. The van der Waals surface area contributed by atoms with Crippen LogP contribution in [0.4, 0.5) is 20.6 Å². The Labute approximate surface area is 276 Å². The minimum atomic E-state index is -0.949. The number of fused-ring (bicyclic) bond motifs is 1. The van der Waals surface area contributed by atoms with Gasteiger partial charge in [0.15, 0.2) is 5.69 Å². The van der Waals surface area contributed by atoms with Crippen molar-refractivity contribution in [2.24, 2.45) is 5.92 Å². The molecule has 3 aromatic rings. The molecular weight excluding hydrogens is 599 g/mol. The maximum Gasteiger partial charge on any atom is 0.321 e. The Morgan fingerprint density at radius 2 is 1.77 bits per heavy atom. The normalized spacial score (nSPS) is 19.2. The number of amides is 4. The quantitative estimate of drug-likeness (QED) is 0.313. The third-order valence-corrected chi connectivity index (χ3v) is 9.01. The Kier molecular flexibility index (Phi) is 10.5. The number of carbonyl (C=O) groups excluding carboxylic acids is 3. The van der Waals surface area contributed by atoms with E-state index in [4.69, 9.17) is 5.10 Å². The largest absolute Gasteiger partial charge is 0.366 e. The van der Waals surface area contributed by atoms with E-state index in [-0.39, 0.29) is 35.7 Å². The van der Waals surface area contributed by atoms with Crippen LogP contribution in [0.25, 0.3) is 0 Å². The third kappa shape index (κ3) is 7.75. The molecule has 252 valence electrons. The summed E-state index contributed by atoms with van der Waals surface area (Å²) in [5.74, 6) is -0.407. The molecule has 5 rings (SSSR count). The number of rotatable bonds is 9. The van der Waals surface area contributed by atoms with Crippen LogP contribution in [0.5, 0.6) is 0 Å². The van der Waals surface area contributed by atoms with E-state index in [2.05, 4.69) is 41.6 Å². The first-order valence-corrected chi connectivity index (χ1v) is 16.3. The molecule has 2 aromatic carbocycles. The summed E-state index contributed by atoms with van der Waals surface area (Å²) >= 11 is 0. The fraction of sp³-hybridized carbons (Fsp3) is 0.486. The Hall–Kier alpha value is -4.45. The SMILES string of the molecule is CC(C)n1nc(C(=O)NCc2ccc(NC(=O)N(C)C)cc2)c2c1[C@@H](C)CN(c1ccc(C(=O)N(C)C[C@@H]3CCNC[C@@H]3F)cc1)C2. The first-order chi connectivity index (χ1) is 22.4. The third-order valence-electron chi connectivity index (χ3n) is 9.01. The van der Waals surface area contributed by atoms with E-state index in [9.17, 15) is 18.8 Å². The molecule has 3 atom stereocenters. The maximum absolute atomic E-state index is 14.3. The van der Waals surface area contributed by atoms with Gasteiger partial charge in [-0.25, -0.2) is 9.18 Å². The van der Waals surface area contributed by atoms with Crippen molar-refractivity contribution < 1.29 is 18.8 Å². The highest BCUT2D eigenvalue weighted by atomic mass is 19.1. The van der Waals surface area contributed by atoms with Crippen LogP contribution in [0, 0.1) is 5.92 Å². The summed E-state index contributed by atoms with van der Waals surface area (Å²) in [6.45, 7) is 9.34. The second kappa shape index (κ2) is 14.5. The second-order valence-electron chi connectivity index (χ2n) is 13.2. The van der Waals surface area contributed by atoms with Crippen LogP contribution in [0.3, 0.4) is 0 Å². The van der Waals surface area contributed by atoms with Crippen molar-refractivity contribution in [3.8, 4) is 0 Å². The molecule has 0 spiro atoms. The smallest absolute Gasteiger partial charge is 0.321 e. The van der Waals surface area contributed by atoms with Crippen LogP contribution in [-0.2, 0) is 13.1 Å². The van der Waals surface area contributed by atoms with Crippen molar-refractivity contribution in [2.45, 2.75) is 58.4 Å². The number of aromatic nitrogens is 2. The standard InChI is InChI=1S/C35H47FN8O3/c1-22(2)44-32-23(3)19-43(28-13-9-25(10-14-28)34(46)42(6)20-26-15-16-37-18-30(26)36)21-29(32)31(40-44)33(45)38-17-24-7-11-27(12-8-24)39-35(47)41(4)5/h7-14,22-23,26,30,37H,15-21H2,1-6H3,(H,38,45)(H,39,47)/t23-,26-,30-/m0/s1. The molecule has 0 radical (unpaired) electrons. The lowest BCUT2D eigenvalue weighted by Crippen LogP contribution is -2.44. The van der Waals surface area contributed by atoms with Crippen molar-refractivity contribution in [3.05, 3.63) is 76.6 Å². The molecule has 1 saturated heterocycles. The zero-order valence-electron chi connectivity index (χ0n) is 28.2. The van der Waals surface area contributed by atoms with E-state index in [1.54, 1.807) is 26.0 Å². The van der Waals surface area contributed by atoms with Gasteiger partial charge in [-0.3, -0.25) is 14.3 Å². The van der Waals surface area contributed by atoms with Gasteiger partial charge >= 0.3 is 6.03 Å². The molecule has 0 bridgehead atoms. The molecule has 0 aliphatic carbocycles. The molecular formula is C35H47FN8O3. The lowest BCUT2D eigenvalue weighted by molar-refractivity contribution is 0.0713. The molecule has 0 saturated carbocycles. The van der Waals surface area contributed by atoms with Gasteiger partial charge in [-0.1, -0.05) is 19.1 Å². The molecule has 1 aromatic heterocycles. The minimum absolute atomic E-state index is 0.0871. The number of piperidine rings is 1. The summed E-state index contributed by atoms with van der Waals surface area (Å²) < 4.78 is 16.3. The predicted molar refractivity (Wildman–Crippen MR) is 182 cm³/mol. The van der Waals surface area contributed by atoms with Crippen LogP contribution in [0.1, 0.15) is 76.8 Å². The predicted octanol–water partition coefficient (Wildman–Crippen LogP) is 4.63. The molecule has 3 N–H and O–H groups in total. The summed E-state index contributed by atoms with van der Waals surface area (Å²) in [4.78, 5) is 44.0. The van der Waals surface area contributed by atoms with Crippen molar-refractivity contribution in [1.29, 1.82) is 0 Å². The zero-order chi connectivity index (χ0) is 33.8. The first kappa shape index (κ1) is 33.9. The fourth-order valence-corrected chi connectivity index (χ4v) is 6.36. The topological polar surface area (TPSA) is 115 Å². The van der Waals surface area contributed by atoms with Gasteiger partial charge in [0.1, 0.15) is 6.17 Å². The van der Waals surface area contributed by atoms with Crippen molar-refractivity contribution in [3.63, 3.8) is 0 Å². The van der Waals surface area contributed by atoms with E-state index < -0.39 is 6.17 Å². The molecule has 2 aliphatic heterocycles. The number of hydrogen-bond donors (Lipinski definition) is 3. The number of nitrogens with zero attached hydrogens (tertiary/aromatic N) is 5. The molecule has 0 unspecified atom stereocenters. The Morgan fingerprint density at radius 1 is 1.06 bits per heavy atom. The Bertz CT molecular complexity index is 1570. The van der Waals surface area contributed by atoms with Gasteiger partial charge in [-0.15, -0.1) is 0 Å². The van der Waals surface area contributed by atoms with E-state index >= 15 is 0 Å². The summed E-state index contributed by atoms with van der Waals surface area (Å²) in [7, 11) is 5.09. The van der Waals surface area contributed by atoms with Gasteiger partial charge in [-0.05, 0) is 68.8 Å². The maximum atomic E-state index is 14.3. The van der Waals surface area contributed by atoms with E-state index in [1.807, 2.05) is 53.2 Å². The summed E-state index contributed by atoms with van der Waals surface area (Å²) in [6, 6.07) is 14.8. The number of alkyl halides is 1. The second-order valence-corrected chi connectivity index (χ2v) is 13.2. The lowest BCUT2D eigenvalue weighted by Gasteiger charge is -2.34. The fourth-order valence-electron chi connectivity index (χ4n) is 6.36. The van der Waals surface area contributed by atoms with Crippen molar-refractivity contribution in [2.75, 3.05) is 57.5 Å². The summed E-state index contributed by atoms with van der Waals surface area (Å²) in [6.07, 6.45) is -0.236. The highest BCUT2D eigenvalue weighted by molar-refractivity contribution is 5.95. The van der Waals surface area contributed by atoms with Gasteiger partial charge in [0.2, 0.25) is 0 Å². The van der Waals surface area contributed by atoms with Crippen LogP contribution >= 0.6 is 0 Å². The highest BCUT2D eigenvalue weighted by Crippen LogP contribution is 2.35. The molecule has 12 heteroatoms. The van der Waals surface area contributed by atoms with Crippen LogP contribution in [0.2, 0.25) is 0 Å². The molecule has 4 amide bonds. The lowest BCUT2D eigenvalue weighted by atomic mass is 9.94. The van der Waals surface area contributed by atoms with Gasteiger partial charge < -0.3 is 30.7 Å². The average Bonchev–Trinajstić information content (AvgIpc) is 3.46. The number of anilines is 2. The van der Waals surface area contributed by atoms with Crippen LogP contribution in [0.15, 0.2) is 48.5 Å². The number of urea groups is 1. The minimum Gasteiger partial charge on any atom is -0.366 e. The van der Waals surface area contributed by atoms with E-state index in [1.165, 1.54) is 4.90 Å². The number of carbonyl (C=O) groups is 3. The van der Waals surface area contributed by atoms with Crippen LogP contribution < -0.4 is 20.9 Å². The number of halogens is 1. The molecule has 11 nitrogen and oxygen atoms in total. The molecule has 3 heterocycles. The number of nitrogens with one attached hydrogen (secondary N) is 3. The molecule has 2 aliphatic rings. The van der Waals surface area contributed by atoms with Gasteiger partial charge in [0.25, 0.3) is 11.8 Å². The zero-order valence-corrected chi connectivity index (χ0v) is 28.2. The van der Waals surface area contributed by atoms with E-state index in [0.717, 1.165) is 35.6 Å². The number of hydrogen-bond acceptors (Lipinski definition) is 6. The van der Waals surface area contributed by atoms with Gasteiger partial charge in [0.05, 0.1) is 0 Å². The van der Waals surface area contributed by atoms with E-state index in [0.29, 0.717) is 49.5 Å². The van der Waals surface area contributed by atoms with Gasteiger partial charge in [-0.2, -0.15) is 5.10 Å². The number of benzene rings is 2. The first-order valence-electron chi connectivity index (χ1n) is 16.3. The summed E-state index contributed by atoms with van der Waals surface area (Å²) in [5, 5.41) is 13.7. The Morgan fingerprint density at radius 3 is 2.40 bits per heavy atom. The molecule has 47 heavy (non-hydrogen) atoms. The van der Waals surface area contributed by atoms with Crippen molar-refractivity contribution >= 4 is 29.2 Å². The van der Waals surface area contributed by atoms with Crippen molar-refractivity contribution in [1.82, 2.24) is 30.2 Å². The summed E-state index contributed by atoms with van der Waals surface area (Å²) in [5.41, 5.74) is 5.47. The monoisotopic (exact) mass is 646 g/mol. The van der Waals surface area contributed by atoms with Gasteiger partial charge in [0, 0.05) is 99.9 Å². The van der Waals surface area contributed by atoms with Crippen LogP contribution in [-0.4, -0.2) is 90.9 Å².